The Morgan fingerprint density at radius 1 is 1.07 bits per heavy atom. The largest absolute Gasteiger partial charge is 0.481 e. The molecule has 148 valence electrons. The van der Waals surface area contributed by atoms with Crippen LogP contribution in [-0.2, 0) is 11.0 Å². The molecule has 2 unspecified atom stereocenters. The summed E-state index contributed by atoms with van der Waals surface area (Å²) in [5.74, 6) is -1.66. The van der Waals surface area contributed by atoms with E-state index >= 15 is 0 Å². The van der Waals surface area contributed by atoms with Gasteiger partial charge in [-0.25, -0.2) is 4.79 Å². The Hall–Kier alpha value is -2.25. The molecule has 5 nitrogen and oxygen atoms in total. The van der Waals surface area contributed by atoms with Crippen LogP contribution in [0.25, 0.3) is 0 Å². The summed E-state index contributed by atoms with van der Waals surface area (Å²) < 4.78 is 40.0. The van der Waals surface area contributed by atoms with Crippen molar-refractivity contribution in [2.75, 3.05) is 13.1 Å². The van der Waals surface area contributed by atoms with E-state index in [1.807, 2.05) is 0 Å². The first-order chi connectivity index (χ1) is 12.8. The fourth-order valence-electron chi connectivity index (χ4n) is 4.16. The minimum Gasteiger partial charge on any atom is -0.481 e. The molecule has 2 amide bonds. The molecule has 2 N–H and O–H groups in total. The fourth-order valence-corrected chi connectivity index (χ4v) is 4.16. The quantitative estimate of drug-likeness (QED) is 0.832. The minimum absolute atomic E-state index is 0.234. The summed E-state index contributed by atoms with van der Waals surface area (Å²) in [5.41, 5.74) is -0.407. The number of piperidine rings is 1. The molecule has 2 atom stereocenters. The van der Waals surface area contributed by atoms with Gasteiger partial charge in [0.2, 0.25) is 0 Å². The van der Waals surface area contributed by atoms with Crippen LogP contribution in [0, 0.1) is 5.92 Å². The number of amides is 2. The third-order valence-corrected chi connectivity index (χ3v) is 5.62. The molecule has 2 aliphatic rings. The SMILES string of the molecule is O=C(O)C1CCN(C(=O)NC2CCCC2c2ccccc2C(F)(F)F)CC1. The van der Waals surface area contributed by atoms with Crippen molar-refractivity contribution >= 4 is 12.0 Å². The molecule has 1 saturated heterocycles. The van der Waals surface area contributed by atoms with Crippen LogP contribution in [0.1, 0.15) is 49.1 Å². The van der Waals surface area contributed by atoms with Crippen LogP contribution in [0.15, 0.2) is 24.3 Å². The Balaban J connectivity index is 1.68. The van der Waals surface area contributed by atoms with Crippen LogP contribution >= 0.6 is 0 Å². The van der Waals surface area contributed by atoms with Crippen molar-refractivity contribution in [3.05, 3.63) is 35.4 Å². The number of alkyl halides is 3. The van der Waals surface area contributed by atoms with Gasteiger partial charge in [0.1, 0.15) is 0 Å². The third-order valence-electron chi connectivity index (χ3n) is 5.62. The van der Waals surface area contributed by atoms with Gasteiger partial charge in [0, 0.05) is 25.0 Å². The number of urea groups is 1. The summed E-state index contributed by atoms with van der Waals surface area (Å²) in [5, 5.41) is 11.9. The number of hydrogen-bond acceptors (Lipinski definition) is 2. The molecule has 1 aromatic carbocycles. The van der Waals surface area contributed by atoms with Gasteiger partial charge in [0.15, 0.2) is 0 Å². The Kier molecular flexibility index (Phi) is 5.62. The highest BCUT2D eigenvalue weighted by atomic mass is 19.4. The minimum atomic E-state index is -4.42. The molecule has 0 bridgehead atoms. The molecule has 27 heavy (non-hydrogen) atoms. The fraction of sp³-hybridized carbons (Fsp3) is 0.579. The Morgan fingerprint density at radius 2 is 1.74 bits per heavy atom. The standard InChI is InChI=1S/C19H23F3N2O3/c20-19(21,22)15-6-2-1-4-13(15)14-5-3-7-16(14)23-18(27)24-10-8-12(9-11-24)17(25)26/h1-2,4,6,12,14,16H,3,5,7-11H2,(H,23,27)(H,25,26). The number of nitrogens with one attached hydrogen (secondary N) is 1. The number of hydrogen-bond donors (Lipinski definition) is 2. The molecule has 2 fully saturated rings. The van der Waals surface area contributed by atoms with Gasteiger partial charge in [0.05, 0.1) is 11.5 Å². The molecule has 1 aliphatic heterocycles. The van der Waals surface area contributed by atoms with Crippen LogP contribution in [-0.4, -0.2) is 41.1 Å². The van der Waals surface area contributed by atoms with Gasteiger partial charge in [-0.3, -0.25) is 4.79 Å². The summed E-state index contributed by atoms with van der Waals surface area (Å²) in [7, 11) is 0. The van der Waals surface area contributed by atoms with Crippen LogP contribution < -0.4 is 5.32 Å². The summed E-state index contributed by atoms with van der Waals surface area (Å²) in [6.07, 6.45) is -1.65. The highest BCUT2D eigenvalue weighted by molar-refractivity contribution is 5.76. The molecule has 0 spiro atoms. The third kappa shape index (κ3) is 4.36. The summed E-state index contributed by atoms with van der Waals surface area (Å²) in [4.78, 5) is 25.1. The normalized spacial score (nSPS) is 24.0. The number of benzene rings is 1. The Morgan fingerprint density at radius 3 is 2.37 bits per heavy atom. The molecule has 1 heterocycles. The number of carbonyl (C=O) groups excluding carboxylic acids is 1. The molecule has 1 aromatic rings. The highest BCUT2D eigenvalue weighted by Gasteiger charge is 2.39. The molecule has 0 aromatic heterocycles. The molecular formula is C19H23F3N2O3. The number of carboxylic acid groups (broad SMARTS) is 1. The molecule has 1 saturated carbocycles. The van der Waals surface area contributed by atoms with E-state index in [0.717, 1.165) is 12.5 Å². The lowest BCUT2D eigenvalue weighted by Gasteiger charge is -2.32. The van der Waals surface area contributed by atoms with Crippen LogP contribution in [0.3, 0.4) is 0 Å². The van der Waals surface area contributed by atoms with E-state index in [1.54, 1.807) is 11.0 Å². The second kappa shape index (κ2) is 7.78. The number of rotatable bonds is 3. The maximum atomic E-state index is 13.3. The predicted octanol–water partition coefficient (Wildman–Crippen LogP) is 3.85. The van der Waals surface area contributed by atoms with Crippen LogP contribution in [0.5, 0.6) is 0 Å². The van der Waals surface area contributed by atoms with Gasteiger partial charge < -0.3 is 15.3 Å². The average Bonchev–Trinajstić information content (AvgIpc) is 3.09. The molecule has 8 heteroatoms. The van der Waals surface area contributed by atoms with Gasteiger partial charge in [-0.2, -0.15) is 13.2 Å². The van der Waals surface area contributed by atoms with Crippen molar-refractivity contribution in [3.63, 3.8) is 0 Å². The van der Waals surface area contributed by atoms with E-state index < -0.39 is 23.6 Å². The molecular weight excluding hydrogens is 361 g/mol. The maximum Gasteiger partial charge on any atom is 0.416 e. The number of carboxylic acids is 1. The lowest BCUT2D eigenvalue weighted by molar-refractivity contribution is -0.143. The van der Waals surface area contributed by atoms with E-state index in [4.69, 9.17) is 5.11 Å². The number of carbonyl (C=O) groups is 2. The van der Waals surface area contributed by atoms with E-state index in [-0.39, 0.29) is 23.6 Å². The number of halogens is 3. The zero-order chi connectivity index (χ0) is 19.6. The van der Waals surface area contributed by atoms with Crippen molar-refractivity contribution in [1.82, 2.24) is 10.2 Å². The van der Waals surface area contributed by atoms with Crippen molar-refractivity contribution in [1.29, 1.82) is 0 Å². The molecule has 0 radical (unpaired) electrons. The number of likely N-dealkylation sites (tertiary alicyclic amines) is 1. The van der Waals surface area contributed by atoms with Crippen LogP contribution in [0.4, 0.5) is 18.0 Å². The second-order valence-corrected chi connectivity index (χ2v) is 7.28. The van der Waals surface area contributed by atoms with E-state index in [1.165, 1.54) is 12.1 Å². The van der Waals surface area contributed by atoms with Gasteiger partial charge >= 0.3 is 18.2 Å². The lowest BCUT2D eigenvalue weighted by Crippen LogP contribution is -2.49. The van der Waals surface area contributed by atoms with Crippen molar-refractivity contribution in [3.8, 4) is 0 Å². The summed E-state index contributed by atoms with van der Waals surface area (Å²) in [6.45, 7) is 0.693. The van der Waals surface area contributed by atoms with E-state index in [9.17, 15) is 22.8 Å². The van der Waals surface area contributed by atoms with E-state index in [2.05, 4.69) is 5.32 Å². The van der Waals surface area contributed by atoms with E-state index in [0.29, 0.717) is 38.8 Å². The van der Waals surface area contributed by atoms with Crippen molar-refractivity contribution in [2.45, 2.75) is 50.2 Å². The van der Waals surface area contributed by atoms with Gasteiger partial charge in [0.25, 0.3) is 0 Å². The smallest absolute Gasteiger partial charge is 0.416 e. The second-order valence-electron chi connectivity index (χ2n) is 7.28. The predicted molar refractivity (Wildman–Crippen MR) is 92.3 cm³/mol. The first-order valence-corrected chi connectivity index (χ1v) is 9.21. The van der Waals surface area contributed by atoms with Crippen molar-refractivity contribution < 1.29 is 27.9 Å². The summed E-state index contributed by atoms with van der Waals surface area (Å²) >= 11 is 0. The number of nitrogens with zero attached hydrogens (tertiary/aromatic N) is 1. The highest BCUT2D eigenvalue weighted by Crippen LogP contribution is 2.41. The Bertz CT molecular complexity index is 700. The number of aliphatic carboxylic acids is 1. The first-order valence-electron chi connectivity index (χ1n) is 9.21. The monoisotopic (exact) mass is 384 g/mol. The maximum absolute atomic E-state index is 13.3. The van der Waals surface area contributed by atoms with Crippen molar-refractivity contribution in [2.24, 2.45) is 5.92 Å². The zero-order valence-electron chi connectivity index (χ0n) is 14.8. The average molecular weight is 384 g/mol. The van der Waals surface area contributed by atoms with Crippen LogP contribution in [0.2, 0.25) is 0 Å². The Labute approximate surface area is 155 Å². The first kappa shape index (κ1) is 19.5. The molecule has 1 aliphatic carbocycles. The molecule has 3 rings (SSSR count). The summed E-state index contributed by atoms with van der Waals surface area (Å²) in [6, 6.07) is 4.89. The lowest BCUT2D eigenvalue weighted by atomic mass is 9.90. The van der Waals surface area contributed by atoms with Gasteiger partial charge in [-0.1, -0.05) is 24.6 Å². The van der Waals surface area contributed by atoms with Gasteiger partial charge in [-0.15, -0.1) is 0 Å². The van der Waals surface area contributed by atoms with Gasteiger partial charge in [-0.05, 0) is 37.3 Å². The zero-order valence-corrected chi connectivity index (χ0v) is 14.8. The topological polar surface area (TPSA) is 69.6 Å².